The number of likely N-dealkylation sites (tertiary alicyclic amines) is 1. The van der Waals surface area contributed by atoms with Crippen molar-refractivity contribution in [2.24, 2.45) is 16.6 Å². The van der Waals surface area contributed by atoms with Crippen LogP contribution in [0.25, 0.3) is 0 Å². The van der Waals surface area contributed by atoms with Crippen LogP contribution in [0.5, 0.6) is 0 Å². The molecule has 142 valence electrons. The maximum Gasteiger partial charge on any atom is 0.221 e. The first-order valence-electron chi connectivity index (χ1n) is 8.75. The predicted molar refractivity (Wildman–Crippen MR) is 110 cm³/mol. The number of primary amides is 1. The molecule has 0 radical (unpaired) electrons. The molecule has 1 atom stereocenters. The molecule has 7 nitrogen and oxygen atoms in total. The average Bonchev–Trinajstić information content (AvgIpc) is 3.10. The molecule has 4 N–H and O–H groups in total. The number of furan rings is 1. The smallest absolute Gasteiger partial charge is 0.221 e. The molecule has 1 amide bonds. The van der Waals surface area contributed by atoms with Gasteiger partial charge in [0.1, 0.15) is 12.3 Å². The van der Waals surface area contributed by atoms with Crippen molar-refractivity contribution in [1.29, 1.82) is 0 Å². The molecule has 1 fully saturated rings. The van der Waals surface area contributed by atoms with Gasteiger partial charge in [0.05, 0.1) is 12.2 Å². The van der Waals surface area contributed by atoms with Gasteiger partial charge >= 0.3 is 0 Å². The predicted octanol–water partition coefficient (Wildman–Crippen LogP) is 1.54. The molecule has 0 bridgehead atoms. The number of nitrogens with one attached hydrogen (secondary N) is 2. The number of piperidine rings is 1. The minimum Gasteiger partial charge on any atom is -0.467 e. The fourth-order valence-electron chi connectivity index (χ4n) is 2.90. The molecular formula is C17H30IN5O2. The van der Waals surface area contributed by atoms with Gasteiger partial charge in [0, 0.05) is 19.6 Å². The summed E-state index contributed by atoms with van der Waals surface area (Å²) in [5, 5.41) is 6.56. The molecule has 0 saturated carbocycles. The van der Waals surface area contributed by atoms with E-state index in [2.05, 4.69) is 20.5 Å². The van der Waals surface area contributed by atoms with Crippen molar-refractivity contribution in [2.75, 3.05) is 32.7 Å². The highest BCUT2D eigenvalue weighted by Gasteiger charge is 2.23. The van der Waals surface area contributed by atoms with Crippen LogP contribution in [-0.4, -0.2) is 49.5 Å². The van der Waals surface area contributed by atoms with Crippen LogP contribution in [0.3, 0.4) is 0 Å². The van der Waals surface area contributed by atoms with Gasteiger partial charge in [-0.25, -0.2) is 4.99 Å². The minimum absolute atomic E-state index is 0. The Morgan fingerprint density at radius 1 is 1.48 bits per heavy atom. The lowest BCUT2D eigenvalue weighted by atomic mass is 9.97. The molecule has 8 heteroatoms. The minimum atomic E-state index is -0.169. The summed E-state index contributed by atoms with van der Waals surface area (Å²) in [6.07, 6.45) is 4.63. The van der Waals surface area contributed by atoms with Crippen molar-refractivity contribution in [1.82, 2.24) is 15.5 Å². The monoisotopic (exact) mass is 463 g/mol. The second-order valence-electron chi connectivity index (χ2n) is 6.10. The van der Waals surface area contributed by atoms with E-state index >= 15 is 0 Å². The van der Waals surface area contributed by atoms with E-state index in [1.165, 1.54) is 0 Å². The van der Waals surface area contributed by atoms with Crippen LogP contribution in [0.4, 0.5) is 0 Å². The normalized spacial score (nSPS) is 18.4. The molecule has 0 aliphatic carbocycles. The standard InChI is InChI=1S/C17H29N5O2.HI/c1-2-19-17(21-12-15-7-4-11-24-15)20-8-5-10-22-9-3-6-14(13-22)16(18)23;/h4,7,11,14H,2-3,5-6,8-10,12-13H2,1H3,(H2,18,23)(H2,19,20,21);1H. The topological polar surface area (TPSA) is 95.9 Å². The molecule has 25 heavy (non-hydrogen) atoms. The maximum atomic E-state index is 11.3. The number of halogens is 1. The third-order valence-electron chi connectivity index (χ3n) is 4.17. The summed E-state index contributed by atoms with van der Waals surface area (Å²) in [6, 6.07) is 3.78. The molecule has 1 saturated heterocycles. The highest BCUT2D eigenvalue weighted by molar-refractivity contribution is 14.0. The van der Waals surface area contributed by atoms with E-state index in [9.17, 15) is 4.79 Å². The van der Waals surface area contributed by atoms with Crippen molar-refractivity contribution in [3.05, 3.63) is 24.2 Å². The summed E-state index contributed by atoms with van der Waals surface area (Å²) in [5.41, 5.74) is 5.42. The number of carbonyl (C=O) groups is 1. The van der Waals surface area contributed by atoms with E-state index in [-0.39, 0.29) is 35.8 Å². The number of carbonyl (C=O) groups excluding carboxylic acids is 1. The van der Waals surface area contributed by atoms with E-state index in [4.69, 9.17) is 10.2 Å². The summed E-state index contributed by atoms with van der Waals surface area (Å²) >= 11 is 0. The largest absolute Gasteiger partial charge is 0.467 e. The van der Waals surface area contributed by atoms with Crippen LogP contribution in [0.2, 0.25) is 0 Å². The van der Waals surface area contributed by atoms with Gasteiger partial charge in [0.2, 0.25) is 5.91 Å². The first-order chi connectivity index (χ1) is 11.7. The Bertz CT molecular complexity index is 521. The lowest BCUT2D eigenvalue weighted by Gasteiger charge is -2.31. The summed E-state index contributed by atoms with van der Waals surface area (Å²) in [7, 11) is 0. The average molecular weight is 463 g/mol. The van der Waals surface area contributed by atoms with Crippen molar-refractivity contribution in [3.63, 3.8) is 0 Å². The van der Waals surface area contributed by atoms with Crippen LogP contribution >= 0.6 is 24.0 Å². The highest BCUT2D eigenvalue weighted by atomic mass is 127. The fourth-order valence-corrected chi connectivity index (χ4v) is 2.90. The zero-order chi connectivity index (χ0) is 17.2. The van der Waals surface area contributed by atoms with Gasteiger partial charge in [-0.1, -0.05) is 0 Å². The Labute approximate surface area is 166 Å². The number of rotatable bonds is 8. The van der Waals surface area contributed by atoms with Gasteiger partial charge < -0.3 is 25.7 Å². The Balaban J connectivity index is 0.00000312. The Hall–Kier alpha value is -1.29. The second-order valence-corrected chi connectivity index (χ2v) is 6.10. The lowest BCUT2D eigenvalue weighted by molar-refractivity contribution is -0.123. The number of guanidine groups is 1. The fraction of sp³-hybridized carbons (Fsp3) is 0.647. The molecular weight excluding hydrogens is 433 g/mol. The van der Waals surface area contributed by atoms with Crippen molar-refractivity contribution >= 4 is 35.8 Å². The Morgan fingerprint density at radius 2 is 2.32 bits per heavy atom. The van der Waals surface area contributed by atoms with Crippen LogP contribution in [0.15, 0.2) is 27.8 Å². The van der Waals surface area contributed by atoms with Crippen LogP contribution < -0.4 is 16.4 Å². The number of amides is 1. The quantitative estimate of drug-likeness (QED) is 0.235. The second kappa shape index (κ2) is 12.1. The van der Waals surface area contributed by atoms with E-state index in [1.54, 1.807) is 6.26 Å². The number of hydrogen-bond donors (Lipinski definition) is 3. The van der Waals surface area contributed by atoms with Gasteiger partial charge in [-0.15, -0.1) is 24.0 Å². The lowest BCUT2D eigenvalue weighted by Crippen LogP contribution is -2.43. The van der Waals surface area contributed by atoms with Gasteiger partial charge in [0.15, 0.2) is 5.96 Å². The van der Waals surface area contributed by atoms with Gasteiger partial charge in [-0.3, -0.25) is 4.79 Å². The first kappa shape index (κ1) is 21.8. The molecule has 1 aliphatic rings. The number of hydrogen-bond acceptors (Lipinski definition) is 4. The number of aliphatic imine (C=N–C) groups is 1. The van der Waals surface area contributed by atoms with Crippen molar-refractivity contribution in [2.45, 2.75) is 32.7 Å². The van der Waals surface area contributed by atoms with Crippen molar-refractivity contribution < 1.29 is 9.21 Å². The van der Waals surface area contributed by atoms with Crippen LogP contribution in [0, 0.1) is 5.92 Å². The van der Waals surface area contributed by atoms with E-state index < -0.39 is 0 Å². The third kappa shape index (κ3) is 8.08. The Morgan fingerprint density at radius 3 is 3.00 bits per heavy atom. The van der Waals surface area contributed by atoms with Gasteiger partial charge in [-0.2, -0.15) is 0 Å². The zero-order valence-corrected chi connectivity index (χ0v) is 17.2. The van der Waals surface area contributed by atoms with Gasteiger partial charge in [0.25, 0.3) is 0 Å². The number of nitrogens with zero attached hydrogens (tertiary/aromatic N) is 2. The highest BCUT2D eigenvalue weighted by Crippen LogP contribution is 2.15. The SMILES string of the molecule is CCNC(=NCc1ccco1)NCCCN1CCCC(C(N)=O)C1.I. The number of nitrogens with two attached hydrogens (primary N) is 1. The molecule has 1 aromatic heterocycles. The Kier molecular flexibility index (Phi) is 10.6. The molecule has 1 aromatic rings. The van der Waals surface area contributed by atoms with Crippen molar-refractivity contribution in [3.8, 4) is 0 Å². The summed E-state index contributed by atoms with van der Waals surface area (Å²) in [5.74, 6) is 1.48. The van der Waals surface area contributed by atoms with E-state index in [0.29, 0.717) is 6.54 Å². The van der Waals surface area contributed by atoms with Gasteiger partial charge in [-0.05, 0) is 51.4 Å². The molecule has 0 aromatic carbocycles. The molecule has 1 aliphatic heterocycles. The molecule has 1 unspecified atom stereocenters. The molecule has 2 heterocycles. The summed E-state index contributed by atoms with van der Waals surface area (Å²) < 4.78 is 5.29. The summed E-state index contributed by atoms with van der Waals surface area (Å²) in [6.45, 7) is 7.03. The van der Waals surface area contributed by atoms with E-state index in [1.807, 2.05) is 19.1 Å². The zero-order valence-electron chi connectivity index (χ0n) is 14.9. The summed E-state index contributed by atoms with van der Waals surface area (Å²) in [4.78, 5) is 18.1. The molecule has 2 rings (SSSR count). The van der Waals surface area contributed by atoms with Crippen LogP contribution in [0.1, 0.15) is 31.9 Å². The van der Waals surface area contributed by atoms with E-state index in [0.717, 1.165) is 63.7 Å². The third-order valence-corrected chi connectivity index (χ3v) is 4.17. The maximum absolute atomic E-state index is 11.3. The molecule has 0 spiro atoms. The first-order valence-corrected chi connectivity index (χ1v) is 8.75. The van der Waals surface area contributed by atoms with Crippen LogP contribution in [-0.2, 0) is 11.3 Å².